The van der Waals surface area contributed by atoms with Crippen LogP contribution in [0, 0.1) is 6.92 Å². The van der Waals surface area contributed by atoms with Gasteiger partial charge >= 0.3 is 5.69 Å². The van der Waals surface area contributed by atoms with E-state index in [1.165, 1.54) is 0 Å². The van der Waals surface area contributed by atoms with Crippen molar-refractivity contribution in [1.29, 1.82) is 0 Å². The summed E-state index contributed by atoms with van der Waals surface area (Å²) in [5.41, 5.74) is 3.64. The lowest BCUT2D eigenvalue weighted by Crippen LogP contribution is -2.14. The number of aromatic nitrogens is 7. The summed E-state index contributed by atoms with van der Waals surface area (Å²) >= 11 is 0. The Kier molecular flexibility index (Phi) is 7.32. The number of aromatic amines is 2. The van der Waals surface area contributed by atoms with E-state index in [9.17, 15) is 4.79 Å². The van der Waals surface area contributed by atoms with E-state index < -0.39 is 11.7 Å². The van der Waals surface area contributed by atoms with Gasteiger partial charge in [0.05, 0.1) is 26.9 Å². The number of nitrogens with zero attached hydrogens (tertiary/aromatic N) is 5. The van der Waals surface area contributed by atoms with Crippen LogP contribution >= 0.6 is 0 Å². The van der Waals surface area contributed by atoms with E-state index in [0.29, 0.717) is 29.8 Å². The van der Waals surface area contributed by atoms with E-state index in [0.717, 1.165) is 27.9 Å². The molecule has 0 aliphatic heterocycles. The fraction of sp³-hybridized carbons (Fsp3) is 0.231. The van der Waals surface area contributed by atoms with Crippen molar-refractivity contribution in [2.24, 2.45) is 0 Å². The SMILES string of the molecule is COCc1cc(C(Nc2ccc(-c3noc(C)n3)cc2)c2cnc(-c3n[nH]c(=O)[nH]3)nc2)cc(OC)c1OC. The number of hydrogen-bond acceptors (Lipinski definition) is 11. The van der Waals surface area contributed by atoms with Crippen LogP contribution in [-0.2, 0) is 11.3 Å². The first-order valence-corrected chi connectivity index (χ1v) is 11.9. The topological polar surface area (TPSA) is 166 Å². The lowest BCUT2D eigenvalue weighted by Gasteiger charge is -2.23. The molecule has 0 radical (unpaired) electrons. The fourth-order valence-electron chi connectivity index (χ4n) is 4.14. The lowest BCUT2D eigenvalue weighted by atomic mass is 9.97. The van der Waals surface area contributed by atoms with Gasteiger partial charge in [0.25, 0.3) is 0 Å². The van der Waals surface area contributed by atoms with Gasteiger partial charge in [0.15, 0.2) is 23.1 Å². The molecule has 0 saturated heterocycles. The summed E-state index contributed by atoms with van der Waals surface area (Å²) in [6.07, 6.45) is 3.35. The molecule has 3 heterocycles. The van der Waals surface area contributed by atoms with Crippen LogP contribution < -0.4 is 20.5 Å². The van der Waals surface area contributed by atoms with Crippen molar-refractivity contribution in [1.82, 2.24) is 35.3 Å². The first kappa shape index (κ1) is 25.6. The molecule has 13 nitrogen and oxygen atoms in total. The molecule has 5 aromatic rings. The molecule has 2 aromatic carbocycles. The van der Waals surface area contributed by atoms with Crippen LogP contribution in [0.25, 0.3) is 23.0 Å². The maximum absolute atomic E-state index is 11.5. The zero-order valence-corrected chi connectivity index (χ0v) is 21.7. The summed E-state index contributed by atoms with van der Waals surface area (Å²) in [6.45, 7) is 2.07. The Bertz CT molecular complexity index is 1610. The van der Waals surface area contributed by atoms with Crippen molar-refractivity contribution in [2.45, 2.75) is 19.6 Å². The number of methoxy groups -OCH3 is 3. The molecule has 1 atom stereocenters. The maximum atomic E-state index is 11.5. The van der Waals surface area contributed by atoms with Gasteiger partial charge in [-0.15, -0.1) is 5.10 Å². The third kappa shape index (κ3) is 5.48. The molecule has 0 amide bonds. The fourth-order valence-corrected chi connectivity index (χ4v) is 4.14. The number of ether oxygens (including phenoxy) is 3. The van der Waals surface area contributed by atoms with Gasteiger partial charge in [-0.05, 0) is 42.0 Å². The number of aryl methyl sites for hydroxylation is 1. The molecule has 0 saturated carbocycles. The minimum atomic E-state index is -0.437. The van der Waals surface area contributed by atoms with Crippen LogP contribution in [0.2, 0.25) is 0 Å². The minimum Gasteiger partial charge on any atom is -0.493 e. The van der Waals surface area contributed by atoms with Crippen molar-refractivity contribution in [3.05, 3.63) is 81.9 Å². The number of benzene rings is 2. The van der Waals surface area contributed by atoms with Crippen LogP contribution in [0.15, 0.2) is 58.1 Å². The second kappa shape index (κ2) is 11.1. The Morgan fingerprint density at radius 3 is 2.36 bits per heavy atom. The Balaban J connectivity index is 1.54. The largest absolute Gasteiger partial charge is 0.493 e. The summed E-state index contributed by atoms with van der Waals surface area (Å²) < 4.78 is 21.7. The molecule has 0 aliphatic carbocycles. The van der Waals surface area contributed by atoms with E-state index in [1.54, 1.807) is 40.6 Å². The van der Waals surface area contributed by atoms with E-state index in [1.807, 2.05) is 36.4 Å². The monoisotopic (exact) mass is 530 g/mol. The Hall–Kier alpha value is -5.04. The van der Waals surface area contributed by atoms with Gasteiger partial charge in [-0.25, -0.2) is 19.9 Å². The lowest BCUT2D eigenvalue weighted by molar-refractivity contribution is 0.180. The highest BCUT2D eigenvalue weighted by molar-refractivity contribution is 5.61. The molecule has 39 heavy (non-hydrogen) atoms. The summed E-state index contributed by atoms with van der Waals surface area (Å²) in [6, 6.07) is 11.1. The second-order valence-electron chi connectivity index (χ2n) is 8.51. The van der Waals surface area contributed by atoms with Crippen molar-refractivity contribution in [3.63, 3.8) is 0 Å². The average Bonchev–Trinajstić information content (AvgIpc) is 3.60. The Morgan fingerprint density at radius 2 is 1.77 bits per heavy atom. The third-order valence-corrected chi connectivity index (χ3v) is 5.91. The summed E-state index contributed by atoms with van der Waals surface area (Å²) in [4.78, 5) is 27.2. The van der Waals surface area contributed by atoms with Gasteiger partial charge in [-0.2, -0.15) is 4.98 Å². The highest BCUT2D eigenvalue weighted by Crippen LogP contribution is 2.37. The number of nitrogens with one attached hydrogen (secondary N) is 3. The number of H-pyrrole nitrogens is 2. The van der Waals surface area contributed by atoms with Crippen LogP contribution in [-0.4, -0.2) is 56.6 Å². The highest BCUT2D eigenvalue weighted by Gasteiger charge is 2.21. The van der Waals surface area contributed by atoms with Gasteiger partial charge in [-0.3, -0.25) is 4.98 Å². The smallest absolute Gasteiger partial charge is 0.341 e. The quantitative estimate of drug-likeness (QED) is 0.242. The number of rotatable bonds is 10. The molecule has 0 spiro atoms. The van der Waals surface area contributed by atoms with Crippen LogP contribution in [0.5, 0.6) is 11.5 Å². The molecule has 13 heteroatoms. The predicted molar refractivity (Wildman–Crippen MR) is 140 cm³/mol. The average molecular weight is 531 g/mol. The van der Waals surface area contributed by atoms with Gasteiger partial charge < -0.3 is 24.1 Å². The van der Waals surface area contributed by atoms with Crippen molar-refractivity contribution < 1.29 is 18.7 Å². The normalized spacial score (nSPS) is 11.8. The van der Waals surface area contributed by atoms with E-state index >= 15 is 0 Å². The third-order valence-electron chi connectivity index (χ3n) is 5.91. The molecule has 0 aliphatic rings. The van der Waals surface area contributed by atoms with Gasteiger partial charge in [0.1, 0.15) is 0 Å². The molecule has 3 N–H and O–H groups in total. The maximum Gasteiger partial charge on any atom is 0.341 e. The summed E-state index contributed by atoms with van der Waals surface area (Å²) in [7, 11) is 4.79. The molecule has 5 rings (SSSR count). The standard InChI is InChI=1S/C26H26N8O5/c1-14-29-23(34-39-14)15-5-7-19(8-6-15)30-21(16-9-17(13-36-2)22(38-4)20(10-16)37-3)18-11-27-24(28-12-18)25-31-26(35)33-32-25/h5-12,21,30H,13H2,1-4H3,(H2,31,32,33,35). The van der Waals surface area contributed by atoms with Crippen LogP contribution in [0.1, 0.15) is 28.6 Å². The summed E-state index contributed by atoms with van der Waals surface area (Å²) in [5, 5.41) is 13.8. The van der Waals surface area contributed by atoms with Crippen LogP contribution in [0.4, 0.5) is 5.69 Å². The summed E-state index contributed by atoms with van der Waals surface area (Å²) in [5.74, 6) is 2.69. The van der Waals surface area contributed by atoms with Gasteiger partial charge in [-0.1, -0.05) is 5.16 Å². The van der Waals surface area contributed by atoms with Crippen molar-refractivity contribution in [3.8, 4) is 34.5 Å². The number of anilines is 1. The zero-order valence-electron chi connectivity index (χ0n) is 21.7. The van der Waals surface area contributed by atoms with Crippen molar-refractivity contribution in [2.75, 3.05) is 26.6 Å². The first-order valence-electron chi connectivity index (χ1n) is 11.9. The molecular formula is C26H26N8O5. The van der Waals surface area contributed by atoms with Gasteiger partial charge in [0.2, 0.25) is 11.7 Å². The second-order valence-corrected chi connectivity index (χ2v) is 8.51. The van der Waals surface area contributed by atoms with E-state index in [2.05, 4.69) is 40.6 Å². The number of hydrogen-bond donors (Lipinski definition) is 3. The molecule has 0 bridgehead atoms. The molecular weight excluding hydrogens is 504 g/mol. The van der Waals surface area contributed by atoms with E-state index in [4.69, 9.17) is 18.7 Å². The molecule has 1 unspecified atom stereocenters. The van der Waals surface area contributed by atoms with Gasteiger partial charge in [0, 0.05) is 48.8 Å². The minimum absolute atomic E-state index is 0.247. The first-order chi connectivity index (χ1) is 19.0. The molecule has 0 fully saturated rings. The predicted octanol–water partition coefficient (Wildman–Crippen LogP) is 3.28. The highest BCUT2D eigenvalue weighted by atomic mass is 16.5. The van der Waals surface area contributed by atoms with Crippen LogP contribution in [0.3, 0.4) is 0 Å². The molecule has 200 valence electrons. The van der Waals surface area contributed by atoms with Crippen molar-refractivity contribution >= 4 is 5.69 Å². The molecule has 3 aromatic heterocycles. The van der Waals surface area contributed by atoms with E-state index in [-0.39, 0.29) is 11.6 Å². The Labute approximate surface area is 222 Å². The Morgan fingerprint density at radius 1 is 1.00 bits per heavy atom. The zero-order chi connectivity index (χ0) is 27.4.